The molecule has 0 aromatic carbocycles. The van der Waals surface area contributed by atoms with Crippen LogP contribution in [0.1, 0.15) is 18.9 Å². The minimum Gasteiger partial charge on any atom is -0.360 e. The third-order valence-corrected chi connectivity index (χ3v) is 3.54. The summed E-state index contributed by atoms with van der Waals surface area (Å²) in [6, 6.07) is 4.04. The van der Waals surface area contributed by atoms with Crippen molar-refractivity contribution in [3.8, 4) is 11.4 Å². The standard InChI is InChI=1S/C12H17N3S/c1-12(2,13-3)7-11-15-10(8-16-11)9-5-4-6-14-9/h4-6,8,13-14H,7H2,1-3H3. The van der Waals surface area contributed by atoms with Crippen LogP contribution in [0.25, 0.3) is 11.4 Å². The molecule has 2 heterocycles. The first-order chi connectivity index (χ1) is 7.61. The summed E-state index contributed by atoms with van der Waals surface area (Å²) in [5, 5.41) is 6.57. The lowest BCUT2D eigenvalue weighted by atomic mass is 10.0. The molecule has 2 rings (SSSR count). The highest BCUT2D eigenvalue weighted by Gasteiger charge is 2.17. The second kappa shape index (κ2) is 4.39. The number of hydrogen-bond acceptors (Lipinski definition) is 3. The van der Waals surface area contributed by atoms with E-state index in [1.165, 1.54) is 5.01 Å². The highest BCUT2D eigenvalue weighted by Crippen LogP contribution is 2.22. The Kier molecular flexibility index (Phi) is 3.12. The van der Waals surface area contributed by atoms with Crippen molar-refractivity contribution in [2.75, 3.05) is 7.05 Å². The lowest BCUT2D eigenvalue weighted by molar-refractivity contribution is 0.421. The zero-order valence-electron chi connectivity index (χ0n) is 9.87. The van der Waals surface area contributed by atoms with Crippen LogP contribution in [0.3, 0.4) is 0 Å². The molecule has 2 aromatic rings. The van der Waals surface area contributed by atoms with Crippen molar-refractivity contribution in [3.05, 3.63) is 28.7 Å². The predicted octanol–water partition coefficient (Wildman–Crippen LogP) is 2.68. The minimum atomic E-state index is 0.102. The molecule has 0 radical (unpaired) electrons. The van der Waals surface area contributed by atoms with Crippen LogP contribution in [0.15, 0.2) is 23.7 Å². The Balaban J connectivity index is 2.14. The molecular weight excluding hydrogens is 218 g/mol. The maximum atomic E-state index is 4.63. The Morgan fingerprint density at radius 3 is 2.94 bits per heavy atom. The molecule has 2 aromatic heterocycles. The maximum Gasteiger partial charge on any atom is 0.0976 e. The number of nitrogens with zero attached hydrogens (tertiary/aromatic N) is 1. The van der Waals surface area contributed by atoms with Gasteiger partial charge in [-0.3, -0.25) is 0 Å². The van der Waals surface area contributed by atoms with Crippen molar-refractivity contribution in [2.45, 2.75) is 25.8 Å². The van der Waals surface area contributed by atoms with Gasteiger partial charge in [-0.15, -0.1) is 11.3 Å². The number of rotatable bonds is 4. The van der Waals surface area contributed by atoms with E-state index in [-0.39, 0.29) is 5.54 Å². The smallest absolute Gasteiger partial charge is 0.0976 e. The second-order valence-electron chi connectivity index (χ2n) is 4.52. The molecule has 86 valence electrons. The van der Waals surface area contributed by atoms with Crippen LogP contribution in [0.4, 0.5) is 0 Å². The topological polar surface area (TPSA) is 40.7 Å². The highest BCUT2D eigenvalue weighted by molar-refractivity contribution is 7.09. The second-order valence-corrected chi connectivity index (χ2v) is 5.46. The molecule has 0 aliphatic rings. The largest absolute Gasteiger partial charge is 0.360 e. The zero-order valence-corrected chi connectivity index (χ0v) is 10.7. The molecule has 0 bridgehead atoms. The molecule has 0 saturated carbocycles. The Morgan fingerprint density at radius 1 is 1.50 bits per heavy atom. The van der Waals surface area contributed by atoms with Gasteiger partial charge in [-0.1, -0.05) is 0 Å². The number of aromatic nitrogens is 2. The van der Waals surface area contributed by atoms with Crippen molar-refractivity contribution in [1.29, 1.82) is 0 Å². The number of likely N-dealkylation sites (N-methyl/N-ethyl adjacent to an activating group) is 1. The lowest BCUT2D eigenvalue weighted by Gasteiger charge is -2.22. The van der Waals surface area contributed by atoms with Crippen molar-refractivity contribution in [3.63, 3.8) is 0 Å². The predicted molar refractivity (Wildman–Crippen MR) is 68.7 cm³/mol. The SMILES string of the molecule is CNC(C)(C)Cc1nc(-c2ccc[nH]2)cs1. The summed E-state index contributed by atoms with van der Waals surface area (Å²) >= 11 is 1.72. The van der Waals surface area contributed by atoms with Gasteiger partial charge in [0.15, 0.2) is 0 Å². The van der Waals surface area contributed by atoms with Gasteiger partial charge < -0.3 is 10.3 Å². The van der Waals surface area contributed by atoms with E-state index in [9.17, 15) is 0 Å². The molecule has 0 atom stereocenters. The third kappa shape index (κ3) is 2.51. The van der Waals surface area contributed by atoms with Gasteiger partial charge >= 0.3 is 0 Å². The number of nitrogens with one attached hydrogen (secondary N) is 2. The van der Waals surface area contributed by atoms with E-state index in [2.05, 4.69) is 34.5 Å². The average Bonchev–Trinajstić information content (AvgIpc) is 2.86. The molecule has 3 nitrogen and oxygen atoms in total. The number of H-pyrrole nitrogens is 1. The van der Waals surface area contributed by atoms with Crippen LogP contribution < -0.4 is 5.32 Å². The van der Waals surface area contributed by atoms with Gasteiger partial charge in [0.1, 0.15) is 0 Å². The monoisotopic (exact) mass is 235 g/mol. The summed E-state index contributed by atoms with van der Waals surface area (Å²) in [5.41, 5.74) is 2.23. The van der Waals surface area contributed by atoms with Crippen molar-refractivity contribution < 1.29 is 0 Å². The molecule has 2 N–H and O–H groups in total. The Bertz CT molecular complexity index is 443. The minimum absolute atomic E-state index is 0.102. The van der Waals surface area contributed by atoms with Crippen LogP contribution in [0.2, 0.25) is 0 Å². The van der Waals surface area contributed by atoms with Gasteiger partial charge in [-0.2, -0.15) is 0 Å². The first kappa shape index (κ1) is 11.4. The fourth-order valence-electron chi connectivity index (χ4n) is 1.47. The van der Waals surface area contributed by atoms with Crippen LogP contribution in [-0.4, -0.2) is 22.6 Å². The summed E-state index contributed by atoms with van der Waals surface area (Å²) in [7, 11) is 1.99. The van der Waals surface area contributed by atoms with E-state index >= 15 is 0 Å². The summed E-state index contributed by atoms with van der Waals surface area (Å²) in [5.74, 6) is 0. The van der Waals surface area contributed by atoms with Crippen LogP contribution in [0.5, 0.6) is 0 Å². The van der Waals surface area contributed by atoms with Gasteiger partial charge in [-0.05, 0) is 33.0 Å². The molecule has 0 aliphatic heterocycles. The quantitative estimate of drug-likeness (QED) is 0.855. The molecule has 0 spiro atoms. The van der Waals surface area contributed by atoms with Crippen molar-refractivity contribution in [2.24, 2.45) is 0 Å². The van der Waals surface area contributed by atoms with Crippen LogP contribution in [-0.2, 0) is 6.42 Å². The number of thiazole rings is 1. The molecule has 0 unspecified atom stereocenters. The van der Waals surface area contributed by atoms with E-state index < -0.39 is 0 Å². The van der Waals surface area contributed by atoms with Gasteiger partial charge in [0.25, 0.3) is 0 Å². The van der Waals surface area contributed by atoms with E-state index in [4.69, 9.17) is 0 Å². The normalized spacial score (nSPS) is 11.9. The van der Waals surface area contributed by atoms with E-state index in [0.717, 1.165) is 17.8 Å². The van der Waals surface area contributed by atoms with Gasteiger partial charge in [-0.25, -0.2) is 4.98 Å². The highest BCUT2D eigenvalue weighted by atomic mass is 32.1. The molecule has 0 saturated heterocycles. The molecule has 16 heavy (non-hydrogen) atoms. The fraction of sp³-hybridized carbons (Fsp3) is 0.417. The van der Waals surface area contributed by atoms with Gasteiger partial charge in [0.05, 0.1) is 16.4 Å². The molecule has 0 amide bonds. The fourth-order valence-corrected chi connectivity index (χ4v) is 2.49. The first-order valence-electron chi connectivity index (χ1n) is 5.38. The Hall–Kier alpha value is -1.13. The van der Waals surface area contributed by atoms with Crippen LogP contribution in [0, 0.1) is 0 Å². The van der Waals surface area contributed by atoms with Gasteiger partial charge in [0.2, 0.25) is 0 Å². The van der Waals surface area contributed by atoms with E-state index in [0.29, 0.717) is 0 Å². The Morgan fingerprint density at radius 2 is 2.31 bits per heavy atom. The van der Waals surface area contributed by atoms with Crippen molar-refractivity contribution >= 4 is 11.3 Å². The number of hydrogen-bond donors (Lipinski definition) is 2. The summed E-state index contributed by atoms with van der Waals surface area (Å²) < 4.78 is 0. The number of aromatic amines is 1. The van der Waals surface area contributed by atoms with E-state index in [1.54, 1.807) is 11.3 Å². The van der Waals surface area contributed by atoms with Crippen molar-refractivity contribution in [1.82, 2.24) is 15.3 Å². The van der Waals surface area contributed by atoms with E-state index in [1.807, 2.05) is 25.4 Å². The lowest BCUT2D eigenvalue weighted by Crippen LogP contribution is -2.38. The third-order valence-electron chi connectivity index (χ3n) is 2.70. The molecule has 4 heteroatoms. The summed E-state index contributed by atoms with van der Waals surface area (Å²) in [6.45, 7) is 4.37. The zero-order chi connectivity index (χ0) is 11.6. The molecule has 0 aliphatic carbocycles. The Labute approximate surface area is 99.9 Å². The molecule has 0 fully saturated rings. The maximum absolute atomic E-state index is 4.63. The average molecular weight is 235 g/mol. The summed E-state index contributed by atoms with van der Waals surface area (Å²) in [6.07, 6.45) is 2.88. The van der Waals surface area contributed by atoms with Gasteiger partial charge in [0, 0.05) is 23.5 Å². The first-order valence-corrected chi connectivity index (χ1v) is 6.26. The molecular formula is C12H17N3S. The summed E-state index contributed by atoms with van der Waals surface area (Å²) in [4.78, 5) is 7.81. The van der Waals surface area contributed by atoms with Crippen LogP contribution >= 0.6 is 11.3 Å².